The molecule has 4 aliphatic carbocycles. The summed E-state index contributed by atoms with van der Waals surface area (Å²) in [6.45, 7) is 0. The van der Waals surface area contributed by atoms with E-state index in [1.54, 1.807) is 11.3 Å². The Labute approximate surface area is 204 Å². The second-order valence-corrected chi connectivity index (χ2v) is 13.1. The molecule has 4 saturated carbocycles. The van der Waals surface area contributed by atoms with Crippen LogP contribution in [0.15, 0.2) is 16.8 Å². The molecule has 0 amide bonds. The Bertz CT molecular complexity index is 549. The predicted octanol–water partition coefficient (Wildman–Crippen LogP) is 9.12. The van der Waals surface area contributed by atoms with E-state index in [1.165, 1.54) is 128 Å². The van der Waals surface area contributed by atoms with E-state index in [9.17, 15) is 0 Å². The normalized spacial score (nSPS) is 28.6. The van der Waals surface area contributed by atoms with Crippen LogP contribution in [-0.2, 0) is 0 Å². The first-order chi connectivity index (χ1) is 15.7. The molecule has 0 radical (unpaired) electrons. The highest BCUT2D eigenvalue weighted by atomic mass is 31.0. The van der Waals surface area contributed by atoms with E-state index in [0.29, 0.717) is 11.3 Å². The molecule has 1 nitrogen and oxygen atoms in total. The summed E-state index contributed by atoms with van der Waals surface area (Å²) in [7, 11) is 6.62. The van der Waals surface area contributed by atoms with Gasteiger partial charge in [-0.3, -0.25) is 4.99 Å². The minimum atomic E-state index is 0.611. The summed E-state index contributed by atoms with van der Waals surface area (Å²) in [5.74, 6) is 3.27. The number of nitrogens with zero attached hydrogens (tertiary/aromatic N) is 1. The van der Waals surface area contributed by atoms with Gasteiger partial charge in [-0.15, -0.1) is 18.5 Å². The number of hydrogen-bond donors (Lipinski definition) is 0. The van der Waals surface area contributed by atoms with Crippen molar-refractivity contribution in [3.8, 4) is 0 Å². The van der Waals surface area contributed by atoms with Gasteiger partial charge in [0.05, 0.1) is 0 Å². The van der Waals surface area contributed by atoms with Crippen molar-refractivity contribution in [1.82, 2.24) is 0 Å². The quantitative estimate of drug-likeness (QED) is 0.257. The molecule has 0 N–H and O–H groups in total. The van der Waals surface area contributed by atoms with Crippen LogP contribution in [0.2, 0.25) is 0 Å². The lowest BCUT2D eigenvalue weighted by molar-refractivity contribution is 0.333. The van der Waals surface area contributed by atoms with Crippen LogP contribution in [0, 0.1) is 23.7 Å². The summed E-state index contributed by atoms with van der Waals surface area (Å²) >= 11 is 0. The van der Waals surface area contributed by atoms with Crippen LogP contribution in [0.3, 0.4) is 0 Å². The molecule has 0 heterocycles. The fourth-order valence-corrected chi connectivity index (χ4v) is 8.90. The minimum Gasteiger partial charge on any atom is -0.265 e. The van der Waals surface area contributed by atoms with Gasteiger partial charge < -0.3 is 0 Å². The van der Waals surface area contributed by atoms with Crippen molar-refractivity contribution in [2.24, 2.45) is 28.7 Å². The van der Waals surface area contributed by atoms with E-state index in [1.807, 2.05) is 0 Å². The van der Waals surface area contributed by atoms with E-state index in [4.69, 9.17) is 4.99 Å². The van der Waals surface area contributed by atoms with Gasteiger partial charge in [0, 0.05) is 17.6 Å². The van der Waals surface area contributed by atoms with Crippen LogP contribution in [0.5, 0.6) is 0 Å². The maximum Gasteiger partial charge on any atom is 0.0281 e. The van der Waals surface area contributed by atoms with Crippen LogP contribution in [0.1, 0.15) is 128 Å². The Morgan fingerprint density at radius 2 is 0.938 bits per heavy atom. The SMILES string of the molecule is PC(C(=N/C=C(\C1CCCCC1)C(P)C1CCCCC1)C1CCCCC1)C1CCCCC1. The van der Waals surface area contributed by atoms with E-state index in [0.717, 1.165) is 23.7 Å². The molecule has 0 aromatic carbocycles. The first kappa shape index (κ1) is 25.4. The second kappa shape index (κ2) is 13.4. The van der Waals surface area contributed by atoms with Crippen molar-refractivity contribution >= 4 is 24.2 Å². The molecule has 0 aromatic rings. The van der Waals surface area contributed by atoms with Gasteiger partial charge >= 0.3 is 0 Å². The molecule has 4 aliphatic rings. The molecule has 3 heteroatoms. The average molecular weight is 476 g/mol. The molecule has 4 atom stereocenters. The Morgan fingerprint density at radius 1 is 0.531 bits per heavy atom. The monoisotopic (exact) mass is 475 g/mol. The predicted molar refractivity (Wildman–Crippen MR) is 149 cm³/mol. The van der Waals surface area contributed by atoms with Crippen molar-refractivity contribution in [2.75, 3.05) is 0 Å². The number of allylic oxidation sites excluding steroid dienone is 1. The van der Waals surface area contributed by atoms with E-state index in [-0.39, 0.29) is 0 Å². The molecule has 4 unspecified atom stereocenters. The second-order valence-electron chi connectivity index (χ2n) is 11.7. The molecular weight excluding hydrogens is 424 g/mol. The fraction of sp³-hybridized carbons (Fsp3) is 0.897. The van der Waals surface area contributed by atoms with E-state index < -0.39 is 0 Å². The van der Waals surface area contributed by atoms with E-state index >= 15 is 0 Å². The summed E-state index contributed by atoms with van der Waals surface area (Å²) in [5, 5.41) is 0. The van der Waals surface area contributed by atoms with Crippen molar-refractivity contribution < 1.29 is 0 Å². The zero-order valence-corrected chi connectivity index (χ0v) is 23.1. The van der Waals surface area contributed by atoms with Gasteiger partial charge in [-0.05, 0) is 86.3 Å². The largest absolute Gasteiger partial charge is 0.265 e. The van der Waals surface area contributed by atoms with Crippen molar-refractivity contribution in [1.29, 1.82) is 0 Å². The van der Waals surface area contributed by atoms with Gasteiger partial charge in [-0.25, -0.2) is 0 Å². The van der Waals surface area contributed by atoms with Crippen molar-refractivity contribution in [2.45, 2.75) is 140 Å². The smallest absolute Gasteiger partial charge is 0.0281 e. The highest BCUT2D eigenvalue weighted by Crippen LogP contribution is 2.41. The van der Waals surface area contributed by atoms with Gasteiger partial charge in [0.25, 0.3) is 0 Å². The highest BCUT2D eigenvalue weighted by Gasteiger charge is 2.31. The number of hydrogen-bond acceptors (Lipinski definition) is 1. The molecule has 4 fully saturated rings. The van der Waals surface area contributed by atoms with Crippen LogP contribution in [0.4, 0.5) is 0 Å². The van der Waals surface area contributed by atoms with Crippen molar-refractivity contribution in [3.05, 3.63) is 11.8 Å². The van der Waals surface area contributed by atoms with Crippen LogP contribution in [-0.4, -0.2) is 17.0 Å². The fourth-order valence-electron chi connectivity index (χ4n) is 7.41. The Hall–Kier alpha value is 0.270. The number of rotatable bonds is 7. The lowest BCUT2D eigenvalue weighted by atomic mass is 9.76. The molecule has 0 bridgehead atoms. The van der Waals surface area contributed by atoms with Gasteiger partial charge in [-0.1, -0.05) is 77.0 Å². The maximum absolute atomic E-state index is 5.53. The Balaban J connectivity index is 1.60. The minimum absolute atomic E-state index is 0.611. The zero-order chi connectivity index (χ0) is 22.2. The van der Waals surface area contributed by atoms with Gasteiger partial charge in [0.1, 0.15) is 0 Å². The third-order valence-corrected chi connectivity index (χ3v) is 11.3. The maximum atomic E-state index is 5.53. The van der Waals surface area contributed by atoms with Crippen LogP contribution in [0.25, 0.3) is 0 Å². The molecule has 182 valence electrons. The molecule has 0 aliphatic heterocycles. The van der Waals surface area contributed by atoms with Crippen LogP contribution < -0.4 is 0 Å². The van der Waals surface area contributed by atoms with E-state index in [2.05, 4.69) is 24.7 Å². The molecule has 0 saturated heterocycles. The average Bonchev–Trinajstić information content (AvgIpc) is 2.88. The molecular formula is C29H51NP2. The molecule has 0 aromatic heterocycles. The summed E-state index contributed by atoms with van der Waals surface area (Å²) < 4.78 is 0. The van der Waals surface area contributed by atoms with Crippen molar-refractivity contribution in [3.63, 3.8) is 0 Å². The third-order valence-electron chi connectivity index (χ3n) is 9.50. The first-order valence-corrected chi connectivity index (χ1v) is 15.9. The zero-order valence-electron chi connectivity index (χ0n) is 20.8. The lowest BCUT2D eigenvalue weighted by Crippen LogP contribution is -2.32. The summed E-state index contributed by atoms with van der Waals surface area (Å²) in [4.78, 5) is 5.53. The van der Waals surface area contributed by atoms with Gasteiger partial charge in [0.2, 0.25) is 0 Å². The Morgan fingerprint density at radius 3 is 1.44 bits per heavy atom. The van der Waals surface area contributed by atoms with Gasteiger partial charge in [-0.2, -0.15) is 0 Å². The molecule has 32 heavy (non-hydrogen) atoms. The standard InChI is InChI=1S/C29H51NP2/c31-28(24-17-9-3-10-18-24)26(22-13-5-1-6-14-22)21-30-27(23-15-7-2-8-16-23)29(32)25-19-11-4-12-20-25/h21-25,28-29H,1-20,31-32H2/b26-21+,30-27?. The van der Waals surface area contributed by atoms with Gasteiger partial charge in [0.15, 0.2) is 0 Å². The third kappa shape index (κ3) is 6.91. The molecule has 0 spiro atoms. The summed E-state index contributed by atoms with van der Waals surface area (Å²) in [5.41, 5.74) is 4.57. The molecule has 4 rings (SSSR count). The summed E-state index contributed by atoms with van der Waals surface area (Å²) in [6.07, 6.45) is 31.0. The first-order valence-electron chi connectivity index (χ1n) is 14.5. The van der Waals surface area contributed by atoms with Crippen LogP contribution >= 0.6 is 18.5 Å². The highest BCUT2D eigenvalue weighted by molar-refractivity contribution is 7.19. The number of aliphatic imine (C=N–C) groups is 1. The summed E-state index contributed by atoms with van der Waals surface area (Å²) in [6, 6.07) is 0. The topological polar surface area (TPSA) is 12.4 Å². The Kier molecular flexibility index (Phi) is 10.6. The lowest BCUT2D eigenvalue weighted by Gasteiger charge is -2.35.